The largest absolute Gasteiger partial charge is 0.357 e. The average molecular weight is 343 g/mol. The fraction of sp³-hybridized carbons (Fsp3) is 0.278. The van der Waals surface area contributed by atoms with Gasteiger partial charge in [-0.3, -0.25) is 4.79 Å². The molecule has 1 aliphatic heterocycles. The van der Waals surface area contributed by atoms with Crippen LogP contribution in [0.15, 0.2) is 42.6 Å². The summed E-state index contributed by atoms with van der Waals surface area (Å²) in [7, 11) is 0. The van der Waals surface area contributed by atoms with Gasteiger partial charge in [0.2, 0.25) is 5.91 Å². The van der Waals surface area contributed by atoms with Gasteiger partial charge in [-0.2, -0.15) is 0 Å². The Bertz CT molecular complexity index is 741. The lowest BCUT2D eigenvalue weighted by Crippen LogP contribution is -2.23. The molecule has 0 atom stereocenters. The van der Waals surface area contributed by atoms with Crippen molar-refractivity contribution in [3.8, 4) is 0 Å². The van der Waals surface area contributed by atoms with E-state index < -0.39 is 0 Å². The van der Waals surface area contributed by atoms with E-state index in [0.717, 1.165) is 24.5 Å². The number of aromatic nitrogens is 2. The number of hydrogen-bond acceptors (Lipinski definition) is 4. The highest BCUT2D eigenvalue weighted by molar-refractivity contribution is 6.32. The van der Waals surface area contributed by atoms with Crippen LogP contribution >= 0.6 is 11.6 Å². The van der Waals surface area contributed by atoms with Crippen molar-refractivity contribution < 1.29 is 4.79 Å². The van der Waals surface area contributed by atoms with Crippen LogP contribution in [0, 0.1) is 0 Å². The van der Waals surface area contributed by atoms with Crippen LogP contribution in [0.3, 0.4) is 0 Å². The molecule has 0 aliphatic carbocycles. The van der Waals surface area contributed by atoms with Crippen molar-refractivity contribution >= 4 is 29.4 Å². The van der Waals surface area contributed by atoms with Crippen LogP contribution in [0.4, 0.5) is 5.82 Å². The van der Waals surface area contributed by atoms with Crippen molar-refractivity contribution in [2.75, 3.05) is 18.0 Å². The highest BCUT2D eigenvalue weighted by atomic mass is 35.5. The normalized spacial score (nSPS) is 14.3. The van der Waals surface area contributed by atoms with E-state index in [-0.39, 0.29) is 5.91 Å². The van der Waals surface area contributed by atoms with E-state index in [1.165, 1.54) is 18.9 Å². The number of benzene rings is 1. The molecule has 24 heavy (non-hydrogen) atoms. The lowest BCUT2D eigenvalue weighted by Gasteiger charge is -2.16. The summed E-state index contributed by atoms with van der Waals surface area (Å²) in [6, 6.07) is 9.28. The number of nitrogens with zero attached hydrogens (tertiary/aromatic N) is 3. The Hall–Kier alpha value is -2.40. The van der Waals surface area contributed by atoms with Crippen molar-refractivity contribution in [3.05, 3.63) is 59.0 Å². The molecule has 1 aromatic carbocycles. The van der Waals surface area contributed by atoms with Gasteiger partial charge >= 0.3 is 0 Å². The Morgan fingerprint density at radius 2 is 2.04 bits per heavy atom. The summed E-state index contributed by atoms with van der Waals surface area (Å²) in [5, 5.41) is 3.41. The second-order valence-corrected chi connectivity index (χ2v) is 6.01. The Morgan fingerprint density at radius 3 is 2.83 bits per heavy atom. The molecule has 0 bridgehead atoms. The summed E-state index contributed by atoms with van der Waals surface area (Å²) in [6.07, 6.45) is 7.29. The zero-order valence-corrected chi connectivity index (χ0v) is 14.0. The monoisotopic (exact) mass is 342 g/mol. The third-order valence-electron chi connectivity index (χ3n) is 3.86. The van der Waals surface area contributed by atoms with Gasteiger partial charge in [-0.15, -0.1) is 0 Å². The SMILES string of the molecule is O=C(/C=C/c1ccccc1Cl)NCc1nccc(N2CCCC2)n1. The highest BCUT2D eigenvalue weighted by Crippen LogP contribution is 2.17. The van der Waals surface area contributed by atoms with Crippen LogP contribution in [0.2, 0.25) is 5.02 Å². The van der Waals surface area contributed by atoms with Crippen LogP contribution in [0.5, 0.6) is 0 Å². The number of nitrogens with one attached hydrogen (secondary N) is 1. The summed E-state index contributed by atoms with van der Waals surface area (Å²) >= 11 is 6.05. The van der Waals surface area contributed by atoms with Crippen molar-refractivity contribution in [2.24, 2.45) is 0 Å². The molecule has 1 amide bonds. The van der Waals surface area contributed by atoms with E-state index >= 15 is 0 Å². The third-order valence-corrected chi connectivity index (χ3v) is 4.21. The predicted molar refractivity (Wildman–Crippen MR) is 95.8 cm³/mol. The topological polar surface area (TPSA) is 58.1 Å². The first kappa shape index (κ1) is 16.5. The maximum absolute atomic E-state index is 11.9. The van der Waals surface area contributed by atoms with E-state index in [2.05, 4.69) is 20.2 Å². The zero-order valence-electron chi connectivity index (χ0n) is 13.3. The number of carbonyl (C=O) groups is 1. The molecule has 3 rings (SSSR count). The van der Waals surface area contributed by atoms with E-state index in [0.29, 0.717) is 17.4 Å². The van der Waals surface area contributed by atoms with Crippen molar-refractivity contribution in [3.63, 3.8) is 0 Å². The van der Waals surface area contributed by atoms with Crippen LogP contribution in [0.25, 0.3) is 6.08 Å². The van der Waals surface area contributed by atoms with Crippen molar-refractivity contribution in [1.29, 1.82) is 0 Å². The second kappa shape index (κ2) is 7.93. The Labute approximate surface area is 146 Å². The molecule has 1 N–H and O–H groups in total. The summed E-state index contributed by atoms with van der Waals surface area (Å²) in [6.45, 7) is 2.36. The number of rotatable bonds is 5. The number of anilines is 1. The minimum absolute atomic E-state index is 0.204. The molecule has 5 nitrogen and oxygen atoms in total. The molecule has 0 saturated carbocycles. The molecular formula is C18H19ClN4O. The standard InChI is InChI=1S/C18H19ClN4O/c19-15-6-2-1-5-14(15)7-8-18(24)21-13-16-20-10-9-17(22-16)23-11-3-4-12-23/h1-2,5-10H,3-4,11-13H2,(H,21,24)/b8-7+. The molecule has 0 unspecified atom stereocenters. The summed E-state index contributed by atoms with van der Waals surface area (Å²) < 4.78 is 0. The predicted octanol–water partition coefficient (Wildman–Crippen LogP) is 3.06. The molecule has 1 saturated heterocycles. The van der Waals surface area contributed by atoms with Crippen molar-refractivity contribution in [1.82, 2.24) is 15.3 Å². The third kappa shape index (κ3) is 4.32. The average Bonchev–Trinajstić information content (AvgIpc) is 3.14. The van der Waals surface area contributed by atoms with Crippen LogP contribution < -0.4 is 10.2 Å². The fourth-order valence-corrected chi connectivity index (χ4v) is 2.80. The quantitative estimate of drug-likeness (QED) is 0.848. The van der Waals surface area contributed by atoms with Gasteiger partial charge in [0.1, 0.15) is 11.6 Å². The molecule has 1 aliphatic rings. The number of carbonyl (C=O) groups excluding carboxylic acids is 1. The number of amides is 1. The molecule has 0 spiro atoms. The zero-order chi connectivity index (χ0) is 16.8. The van der Waals surface area contributed by atoms with E-state index in [1.807, 2.05) is 24.3 Å². The van der Waals surface area contributed by atoms with Gasteiger partial charge in [0, 0.05) is 30.4 Å². The van der Waals surface area contributed by atoms with Gasteiger partial charge in [0.25, 0.3) is 0 Å². The van der Waals surface area contributed by atoms with Crippen LogP contribution in [0.1, 0.15) is 24.2 Å². The second-order valence-electron chi connectivity index (χ2n) is 5.60. The molecule has 6 heteroatoms. The molecule has 1 aromatic heterocycles. The lowest BCUT2D eigenvalue weighted by atomic mass is 10.2. The van der Waals surface area contributed by atoms with E-state index in [4.69, 9.17) is 11.6 Å². The first-order valence-corrected chi connectivity index (χ1v) is 8.37. The van der Waals surface area contributed by atoms with Crippen molar-refractivity contribution in [2.45, 2.75) is 19.4 Å². The number of hydrogen-bond donors (Lipinski definition) is 1. The Morgan fingerprint density at radius 1 is 1.25 bits per heavy atom. The van der Waals surface area contributed by atoms with E-state index in [9.17, 15) is 4.79 Å². The first-order chi connectivity index (χ1) is 11.7. The molecule has 2 heterocycles. The molecule has 1 fully saturated rings. The summed E-state index contributed by atoms with van der Waals surface area (Å²) in [5.74, 6) is 1.34. The molecular weight excluding hydrogens is 324 g/mol. The Kier molecular flexibility index (Phi) is 5.43. The maximum atomic E-state index is 11.9. The fourth-order valence-electron chi connectivity index (χ4n) is 2.60. The van der Waals surface area contributed by atoms with Gasteiger partial charge in [0.05, 0.1) is 6.54 Å². The smallest absolute Gasteiger partial charge is 0.244 e. The maximum Gasteiger partial charge on any atom is 0.244 e. The molecule has 124 valence electrons. The van der Waals surface area contributed by atoms with Gasteiger partial charge in [-0.1, -0.05) is 29.8 Å². The minimum atomic E-state index is -0.204. The van der Waals surface area contributed by atoms with Crippen LogP contribution in [-0.4, -0.2) is 29.0 Å². The number of halogens is 1. The van der Waals surface area contributed by atoms with Gasteiger partial charge in [0.15, 0.2) is 0 Å². The summed E-state index contributed by atoms with van der Waals surface area (Å²) in [4.78, 5) is 22.9. The highest BCUT2D eigenvalue weighted by Gasteiger charge is 2.14. The minimum Gasteiger partial charge on any atom is -0.357 e. The van der Waals surface area contributed by atoms with Gasteiger partial charge < -0.3 is 10.2 Å². The van der Waals surface area contributed by atoms with Gasteiger partial charge in [-0.05, 0) is 36.6 Å². The molecule has 2 aromatic rings. The van der Waals surface area contributed by atoms with Crippen LogP contribution in [-0.2, 0) is 11.3 Å². The first-order valence-electron chi connectivity index (χ1n) is 8.00. The van der Waals surface area contributed by atoms with E-state index in [1.54, 1.807) is 18.3 Å². The summed E-state index contributed by atoms with van der Waals surface area (Å²) in [5.41, 5.74) is 0.807. The molecule has 0 radical (unpaired) electrons. The Balaban J connectivity index is 1.56. The lowest BCUT2D eigenvalue weighted by molar-refractivity contribution is -0.116. The van der Waals surface area contributed by atoms with Gasteiger partial charge in [-0.25, -0.2) is 9.97 Å².